The second-order valence-electron chi connectivity index (χ2n) is 3.78. The quantitative estimate of drug-likeness (QED) is 0.737. The van der Waals surface area contributed by atoms with Crippen molar-refractivity contribution < 1.29 is 0 Å². The first-order valence-corrected chi connectivity index (χ1v) is 6.00. The summed E-state index contributed by atoms with van der Waals surface area (Å²) in [7, 11) is 0. The lowest BCUT2D eigenvalue weighted by molar-refractivity contribution is 0.937. The summed E-state index contributed by atoms with van der Waals surface area (Å²) >= 11 is 1.61. The third-order valence-electron chi connectivity index (χ3n) is 2.65. The minimum absolute atomic E-state index is 0.778. The number of rotatable bonds is 1. The van der Waals surface area contributed by atoms with Crippen molar-refractivity contribution in [3.63, 3.8) is 0 Å². The zero-order valence-electron chi connectivity index (χ0n) is 8.60. The number of fused-ring (bicyclic) bond motifs is 1. The molecule has 15 heavy (non-hydrogen) atoms. The molecule has 0 amide bonds. The fraction of sp³-hybridized carbons (Fsp3) is 0.500. The molecule has 1 aliphatic rings. The molecule has 5 heteroatoms. The first-order valence-electron chi connectivity index (χ1n) is 5.18. The van der Waals surface area contributed by atoms with Crippen molar-refractivity contribution in [3.8, 4) is 0 Å². The van der Waals surface area contributed by atoms with Crippen LogP contribution >= 0.6 is 11.3 Å². The molecule has 0 aliphatic carbocycles. The van der Waals surface area contributed by atoms with Crippen LogP contribution in [0.2, 0.25) is 0 Å². The molecule has 0 spiro atoms. The van der Waals surface area contributed by atoms with Crippen LogP contribution < -0.4 is 4.90 Å². The number of hydrogen-bond acceptors (Lipinski definition) is 5. The minimum atomic E-state index is 0.778. The van der Waals surface area contributed by atoms with Gasteiger partial charge in [-0.25, -0.2) is 15.0 Å². The van der Waals surface area contributed by atoms with Gasteiger partial charge in [0.1, 0.15) is 5.82 Å². The molecule has 0 bridgehead atoms. The Hall–Kier alpha value is -1.23. The molecule has 1 fully saturated rings. The van der Waals surface area contributed by atoms with Gasteiger partial charge in [-0.15, -0.1) is 0 Å². The molecule has 4 nitrogen and oxygen atoms in total. The molecular weight excluding hydrogens is 208 g/mol. The highest BCUT2D eigenvalue weighted by atomic mass is 32.1. The molecule has 2 aromatic rings. The van der Waals surface area contributed by atoms with Crippen molar-refractivity contribution in [2.45, 2.75) is 19.8 Å². The van der Waals surface area contributed by atoms with Gasteiger partial charge in [0.2, 0.25) is 0 Å². The van der Waals surface area contributed by atoms with Gasteiger partial charge in [-0.2, -0.15) is 0 Å². The first kappa shape index (κ1) is 9.03. The van der Waals surface area contributed by atoms with E-state index in [1.54, 1.807) is 11.3 Å². The van der Waals surface area contributed by atoms with Gasteiger partial charge < -0.3 is 4.90 Å². The van der Waals surface area contributed by atoms with Crippen molar-refractivity contribution >= 4 is 27.6 Å². The SMILES string of the molecule is Cc1nc2ncc(N3CCCC3)nc2s1. The number of aryl methyl sites for hydroxylation is 1. The lowest BCUT2D eigenvalue weighted by Gasteiger charge is -2.14. The number of hydrogen-bond donors (Lipinski definition) is 0. The number of anilines is 1. The van der Waals surface area contributed by atoms with E-state index in [0.717, 1.165) is 34.4 Å². The molecule has 3 heterocycles. The highest BCUT2D eigenvalue weighted by Gasteiger charge is 2.15. The second kappa shape index (κ2) is 3.41. The predicted octanol–water partition coefficient (Wildman–Crippen LogP) is 1.99. The summed E-state index contributed by atoms with van der Waals surface area (Å²) < 4.78 is 0. The Bertz CT molecular complexity index is 487. The average molecular weight is 220 g/mol. The summed E-state index contributed by atoms with van der Waals surface area (Å²) in [5.74, 6) is 1.00. The lowest BCUT2D eigenvalue weighted by atomic mass is 10.4. The molecule has 0 radical (unpaired) electrons. The molecule has 3 rings (SSSR count). The maximum absolute atomic E-state index is 4.60. The number of nitrogens with zero attached hydrogens (tertiary/aromatic N) is 4. The van der Waals surface area contributed by atoms with Crippen LogP contribution in [0.1, 0.15) is 17.8 Å². The van der Waals surface area contributed by atoms with Gasteiger partial charge >= 0.3 is 0 Å². The van der Waals surface area contributed by atoms with E-state index in [-0.39, 0.29) is 0 Å². The fourth-order valence-corrected chi connectivity index (χ4v) is 2.65. The molecule has 78 valence electrons. The first-order chi connectivity index (χ1) is 7.33. The maximum Gasteiger partial charge on any atom is 0.189 e. The van der Waals surface area contributed by atoms with Crippen molar-refractivity contribution in [1.82, 2.24) is 15.0 Å². The van der Waals surface area contributed by atoms with E-state index in [4.69, 9.17) is 0 Å². The van der Waals surface area contributed by atoms with E-state index < -0.39 is 0 Å². The van der Waals surface area contributed by atoms with E-state index in [2.05, 4.69) is 19.9 Å². The Labute approximate surface area is 92.0 Å². The largest absolute Gasteiger partial charge is 0.355 e. The molecular formula is C10H12N4S. The summed E-state index contributed by atoms with van der Waals surface area (Å²) in [6.45, 7) is 4.21. The van der Waals surface area contributed by atoms with Gasteiger partial charge in [-0.05, 0) is 19.8 Å². The summed E-state index contributed by atoms with van der Waals surface area (Å²) in [4.78, 5) is 16.5. The molecule has 0 unspecified atom stereocenters. The fourth-order valence-electron chi connectivity index (χ4n) is 1.91. The lowest BCUT2D eigenvalue weighted by Crippen LogP contribution is -2.18. The normalized spacial score (nSPS) is 16.5. The van der Waals surface area contributed by atoms with Crippen LogP contribution in [0, 0.1) is 6.92 Å². The average Bonchev–Trinajstić information content (AvgIpc) is 2.82. The zero-order chi connectivity index (χ0) is 10.3. The van der Waals surface area contributed by atoms with E-state index in [1.807, 2.05) is 13.1 Å². The van der Waals surface area contributed by atoms with Gasteiger partial charge in [0, 0.05) is 13.1 Å². The monoisotopic (exact) mass is 220 g/mol. The van der Waals surface area contributed by atoms with Crippen molar-refractivity contribution in [3.05, 3.63) is 11.2 Å². The van der Waals surface area contributed by atoms with Crippen LogP contribution in [0.5, 0.6) is 0 Å². The van der Waals surface area contributed by atoms with E-state index in [0.29, 0.717) is 0 Å². The van der Waals surface area contributed by atoms with Gasteiger partial charge in [0.05, 0.1) is 11.2 Å². The van der Waals surface area contributed by atoms with Crippen LogP contribution in [0.4, 0.5) is 5.82 Å². The van der Waals surface area contributed by atoms with E-state index in [9.17, 15) is 0 Å². The topological polar surface area (TPSA) is 41.9 Å². The summed E-state index contributed by atoms with van der Waals surface area (Å²) in [5, 5.41) is 1.03. The molecule has 0 N–H and O–H groups in total. The Morgan fingerprint density at radius 1 is 1.27 bits per heavy atom. The Balaban J connectivity index is 2.04. The third-order valence-corrected chi connectivity index (χ3v) is 3.50. The third kappa shape index (κ3) is 1.56. The zero-order valence-corrected chi connectivity index (χ0v) is 9.42. The highest BCUT2D eigenvalue weighted by molar-refractivity contribution is 7.18. The van der Waals surface area contributed by atoms with Crippen LogP contribution in [0.25, 0.3) is 10.5 Å². The molecule has 1 saturated heterocycles. The summed E-state index contributed by atoms with van der Waals surface area (Å²) in [6, 6.07) is 0. The molecule has 2 aromatic heterocycles. The molecule has 0 aromatic carbocycles. The van der Waals surface area contributed by atoms with E-state index >= 15 is 0 Å². The standard InChI is InChI=1S/C10H12N4S/c1-7-12-9-10(15-7)13-8(6-11-9)14-4-2-3-5-14/h6H,2-5H2,1H3. The Kier molecular flexibility index (Phi) is 2.05. The smallest absolute Gasteiger partial charge is 0.189 e. The summed E-state index contributed by atoms with van der Waals surface area (Å²) in [5.41, 5.74) is 0.778. The minimum Gasteiger partial charge on any atom is -0.355 e. The Morgan fingerprint density at radius 3 is 2.87 bits per heavy atom. The van der Waals surface area contributed by atoms with Gasteiger partial charge in [0.15, 0.2) is 10.5 Å². The number of aromatic nitrogens is 3. The van der Waals surface area contributed by atoms with Crippen LogP contribution in [-0.2, 0) is 0 Å². The molecule has 1 aliphatic heterocycles. The number of thiazole rings is 1. The van der Waals surface area contributed by atoms with Crippen molar-refractivity contribution in [2.75, 3.05) is 18.0 Å². The molecule has 0 atom stereocenters. The van der Waals surface area contributed by atoms with Crippen molar-refractivity contribution in [2.24, 2.45) is 0 Å². The second-order valence-corrected chi connectivity index (χ2v) is 4.97. The summed E-state index contributed by atoms with van der Waals surface area (Å²) in [6.07, 6.45) is 4.37. The highest BCUT2D eigenvalue weighted by Crippen LogP contribution is 2.22. The van der Waals surface area contributed by atoms with Crippen LogP contribution in [0.15, 0.2) is 6.20 Å². The Morgan fingerprint density at radius 2 is 2.07 bits per heavy atom. The van der Waals surface area contributed by atoms with Gasteiger partial charge in [0.25, 0.3) is 0 Å². The van der Waals surface area contributed by atoms with E-state index in [1.165, 1.54) is 12.8 Å². The van der Waals surface area contributed by atoms with Gasteiger partial charge in [-0.1, -0.05) is 11.3 Å². The van der Waals surface area contributed by atoms with Crippen molar-refractivity contribution in [1.29, 1.82) is 0 Å². The molecule has 0 saturated carbocycles. The maximum atomic E-state index is 4.60. The predicted molar refractivity (Wildman–Crippen MR) is 61.4 cm³/mol. The van der Waals surface area contributed by atoms with Crippen LogP contribution in [0.3, 0.4) is 0 Å². The van der Waals surface area contributed by atoms with Crippen LogP contribution in [-0.4, -0.2) is 28.0 Å². The van der Waals surface area contributed by atoms with Gasteiger partial charge in [-0.3, -0.25) is 0 Å².